The fraction of sp³-hybridized carbons (Fsp3) is 0.455. The normalized spacial score (nSPS) is 24.6. The fourth-order valence-electron chi connectivity index (χ4n) is 5.21. The highest BCUT2D eigenvalue weighted by molar-refractivity contribution is 5.39. The Hall–Kier alpha value is -2.44. The van der Waals surface area contributed by atoms with Gasteiger partial charge in [0.15, 0.2) is 0 Å². The van der Waals surface area contributed by atoms with Crippen molar-refractivity contribution in [2.75, 3.05) is 33.7 Å². The molecular formula is C22H27N5O. The van der Waals surface area contributed by atoms with Gasteiger partial charge in [-0.2, -0.15) is 0 Å². The van der Waals surface area contributed by atoms with Gasteiger partial charge in [-0.05, 0) is 44.6 Å². The minimum atomic E-state index is 0.147. The number of likely N-dealkylation sites (tertiary alicyclic amines) is 1. The van der Waals surface area contributed by atoms with Crippen LogP contribution in [0.4, 0.5) is 0 Å². The van der Waals surface area contributed by atoms with Gasteiger partial charge in [-0.15, -0.1) is 0 Å². The fourth-order valence-corrected chi connectivity index (χ4v) is 5.21. The molecule has 0 aliphatic carbocycles. The maximum atomic E-state index is 12.7. The van der Waals surface area contributed by atoms with Crippen molar-refractivity contribution >= 4 is 5.65 Å². The Balaban J connectivity index is 1.47. The number of fused-ring (bicyclic) bond motifs is 5. The second-order valence-electron chi connectivity index (χ2n) is 8.55. The van der Waals surface area contributed by atoms with Crippen LogP contribution < -0.4 is 5.56 Å². The van der Waals surface area contributed by atoms with Crippen LogP contribution in [0.2, 0.25) is 0 Å². The van der Waals surface area contributed by atoms with Gasteiger partial charge in [0.2, 0.25) is 0 Å². The van der Waals surface area contributed by atoms with Crippen molar-refractivity contribution in [3.63, 3.8) is 0 Å². The number of nitrogens with zero attached hydrogens (tertiary/aromatic N) is 5. The van der Waals surface area contributed by atoms with E-state index < -0.39 is 0 Å². The number of rotatable bonds is 4. The molecule has 0 amide bonds. The van der Waals surface area contributed by atoms with Crippen molar-refractivity contribution in [1.29, 1.82) is 0 Å². The van der Waals surface area contributed by atoms with E-state index in [0.29, 0.717) is 11.8 Å². The molecule has 0 spiro atoms. The Morgan fingerprint density at radius 2 is 2.04 bits per heavy atom. The van der Waals surface area contributed by atoms with Gasteiger partial charge in [0.05, 0.1) is 17.9 Å². The Morgan fingerprint density at radius 1 is 1.14 bits per heavy atom. The molecule has 0 saturated carbocycles. The molecule has 2 aliphatic rings. The number of hydrogen-bond acceptors (Lipinski definition) is 4. The molecule has 3 aromatic rings. The van der Waals surface area contributed by atoms with E-state index in [2.05, 4.69) is 56.2 Å². The molecule has 1 fully saturated rings. The molecule has 0 N–H and O–H groups in total. The summed E-state index contributed by atoms with van der Waals surface area (Å²) in [5.41, 5.74) is 3.58. The lowest BCUT2D eigenvalue weighted by molar-refractivity contribution is 0.0734. The molecule has 3 atom stereocenters. The first-order valence-corrected chi connectivity index (χ1v) is 10.1. The van der Waals surface area contributed by atoms with E-state index >= 15 is 0 Å². The molecule has 0 radical (unpaired) electrons. The van der Waals surface area contributed by atoms with Gasteiger partial charge < -0.3 is 13.9 Å². The van der Waals surface area contributed by atoms with Crippen LogP contribution in [-0.4, -0.2) is 57.5 Å². The van der Waals surface area contributed by atoms with Crippen LogP contribution in [0.1, 0.15) is 29.8 Å². The van der Waals surface area contributed by atoms with Gasteiger partial charge in [0.25, 0.3) is 5.56 Å². The molecule has 3 aromatic heterocycles. The summed E-state index contributed by atoms with van der Waals surface area (Å²) in [5.74, 6) is 0.915. The molecular weight excluding hydrogens is 350 g/mol. The van der Waals surface area contributed by atoms with Crippen molar-refractivity contribution in [3.8, 4) is 0 Å². The average Bonchev–Trinajstić information content (AvgIpc) is 3.08. The van der Waals surface area contributed by atoms with Crippen molar-refractivity contribution in [1.82, 2.24) is 23.8 Å². The van der Waals surface area contributed by atoms with E-state index in [9.17, 15) is 4.79 Å². The largest absolute Gasteiger partial charge is 0.308 e. The molecule has 1 saturated heterocycles. The standard InChI is InChI=1S/C22H27N5O/c1-24(2)15-20-17-10-16(19-6-5-8-22(28)27(19)20)12-25(13-17)14-18-11-23-21-7-3-4-9-26(18)21/h3-9,11,16-17,20H,10,12-15H2,1-2H3/t16-,17+,20+/m1/s1. The SMILES string of the molecule is CN(C)C[C@H]1[C@H]2C[C@H](CN(Cc3cnc4ccccn34)C2)c2cccc(=O)n21. The third kappa shape index (κ3) is 2.97. The molecule has 28 heavy (non-hydrogen) atoms. The zero-order chi connectivity index (χ0) is 19.3. The maximum absolute atomic E-state index is 12.7. The van der Waals surface area contributed by atoms with Crippen LogP contribution in [0, 0.1) is 5.92 Å². The number of hydrogen-bond donors (Lipinski definition) is 0. The third-order valence-electron chi connectivity index (χ3n) is 6.31. The topological polar surface area (TPSA) is 45.8 Å². The summed E-state index contributed by atoms with van der Waals surface area (Å²) in [7, 11) is 4.19. The summed E-state index contributed by atoms with van der Waals surface area (Å²) in [6, 6.07) is 12.2. The Bertz CT molecular complexity index is 1050. The minimum absolute atomic E-state index is 0.147. The number of piperidine rings is 1. The lowest BCUT2D eigenvalue weighted by Gasteiger charge is -2.47. The van der Waals surface area contributed by atoms with E-state index in [1.165, 1.54) is 17.8 Å². The maximum Gasteiger partial charge on any atom is 0.251 e. The lowest BCUT2D eigenvalue weighted by Crippen LogP contribution is -2.51. The molecule has 2 bridgehead atoms. The van der Waals surface area contributed by atoms with Gasteiger partial charge >= 0.3 is 0 Å². The highest BCUT2D eigenvalue weighted by atomic mass is 16.1. The van der Waals surface area contributed by atoms with Crippen LogP contribution >= 0.6 is 0 Å². The second-order valence-corrected chi connectivity index (χ2v) is 8.55. The summed E-state index contributed by atoms with van der Waals surface area (Å²) in [4.78, 5) is 22.0. The first-order valence-electron chi connectivity index (χ1n) is 10.1. The van der Waals surface area contributed by atoms with Crippen LogP contribution in [-0.2, 0) is 6.54 Å². The van der Waals surface area contributed by atoms with E-state index in [1.807, 2.05) is 24.4 Å². The van der Waals surface area contributed by atoms with E-state index in [-0.39, 0.29) is 11.6 Å². The molecule has 0 unspecified atom stereocenters. The molecule has 0 aromatic carbocycles. The Kier molecular flexibility index (Phi) is 4.33. The number of pyridine rings is 2. The number of imidazole rings is 1. The molecule has 5 rings (SSSR count). The number of likely N-dealkylation sites (N-methyl/N-ethyl adjacent to an activating group) is 1. The van der Waals surface area contributed by atoms with E-state index in [0.717, 1.165) is 31.8 Å². The summed E-state index contributed by atoms with van der Waals surface area (Å²) in [5, 5.41) is 0. The summed E-state index contributed by atoms with van der Waals surface area (Å²) in [6.45, 7) is 3.81. The smallest absolute Gasteiger partial charge is 0.251 e. The predicted molar refractivity (Wildman–Crippen MR) is 110 cm³/mol. The summed E-state index contributed by atoms with van der Waals surface area (Å²) >= 11 is 0. The van der Waals surface area contributed by atoms with E-state index in [4.69, 9.17) is 0 Å². The first-order chi connectivity index (χ1) is 13.6. The molecule has 6 nitrogen and oxygen atoms in total. The first kappa shape index (κ1) is 17.6. The monoisotopic (exact) mass is 377 g/mol. The second kappa shape index (κ2) is 6.87. The van der Waals surface area contributed by atoms with Crippen LogP contribution in [0.5, 0.6) is 0 Å². The summed E-state index contributed by atoms with van der Waals surface area (Å²) < 4.78 is 4.27. The highest BCUT2D eigenvalue weighted by Gasteiger charge is 2.40. The third-order valence-corrected chi connectivity index (χ3v) is 6.31. The molecule has 2 aliphatic heterocycles. The zero-order valence-electron chi connectivity index (χ0n) is 16.5. The minimum Gasteiger partial charge on any atom is -0.308 e. The van der Waals surface area contributed by atoms with E-state index in [1.54, 1.807) is 6.07 Å². The van der Waals surface area contributed by atoms with Gasteiger partial charge in [0.1, 0.15) is 5.65 Å². The van der Waals surface area contributed by atoms with Crippen molar-refractivity contribution in [3.05, 3.63) is 70.5 Å². The van der Waals surface area contributed by atoms with Crippen molar-refractivity contribution in [2.45, 2.75) is 24.9 Å². The Morgan fingerprint density at radius 3 is 2.89 bits per heavy atom. The van der Waals surface area contributed by atoms with Gasteiger partial charge in [-0.3, -0.25) is 9.69 Å². The summed E-state index contributed by atoms with van der Waals surface area (Å²) in [6.07, 6.45) is 5.26. The van der Waals surface area contributed by atoms with Gasteiger partial charge in [0, 0.05) is 50.1 Å². The number of aromatic nitrogens is 3. The molecule has 146 valence electrons. The van der Waals surface area contributed by atoms with Crippen LogP contribution in [0.25, 0.3) is 5.65 Å². The lowest BCUT2D eigenvalue weighted by atomic mass is 9.78. The zero-order valence-corrected chi connectivity index (χ0v) is 16.5. The van der Waals surface area contributed by atoms with Gasteiger partial charge in [-0.1, -0.05) is 12.1 Å². The van der Waals surface area contributed by atoms with Crippen LogP contribution in [0.3, 0.4) is 0 Å². The molecule has 5 heterocycles. The average molecular weight is 377 g/mol. The van der Waals surface area contributed by atoms with Crippen molar-refractivity contribution < 1.29 is 0 Å². The highest BCUT2D eigenvalue weighted by Crippen LogP contribution is 2.41. The predicted octanol–water partition coefficient (Wildman–Crippen LogP) is 2.22. The quantitative estimate of drug-likeness (QED) is 0.699. The molecule has 6 heteroatoms. The van der Waals surface area contributed by atoms with Crippen molar-refractivity contribution in [2.24, 2.45) is 5.92 Å². The Labute approximate surface area is 165 Å². The van der Waals surface area contributed by atoms with Crippen LogP contribution in [0.15, 0.2) is 53.6 Å². The van der Waals surface area contributed by atoms with Gasteiger partial charge in [-0.25, -0.2) is 4.98 Å².